The van der Waals surface area contributed by atoms with Crippen LogP contribution in [0, 0.1) is 18.3 Å². The highest BCUT2D eigenvalue weighted by Gasteiger charge is 2.12. The minimum Gasteiger partial charge on any atom is -0.369 e. The van der Waals surface area contributed by atoms with Gasteiger partial charge in [-0.3, -0.25) is 4.68 Å². The van der Waals surface area contributed by atoms with E-state index in [1.165, 1.54) is 0 Å². The van der Waals surface area contributed by atoms with E-state index in [1.54, 1.807) is 10.7 Å². The number of fused-ring (bicyclic) bond motifs is 1. The molecule has 0 atom stereocenters. The van der Waals surface area contributed by atoms with Crippen molar-refractivity contribution in [2.24, 2.45) is 7.05 Å². The molecule has 0 fully saturated rings. The Bertz CT molecular complexity index is 833. The molecule has 1 aromatic carbocycles. The average Bonchev–Trinajstić information content (AvgIpc) is 2.90. The number of anilines is 1. The predicted octanol–water partition coefficient (Wildman–Crippen LogP) is 1.58. The zero-order valence-corrected chi connectivity index (χ0v) is 11.3. The van der Waals surface area contributed by atoms with E-state index >= 15 is 0 Å². The largest absolute Gasteiger partial charge is 0.369 e. The maximum atomic E-state index is 9.01. The van der Waals surface area contributed by atoms with Crippen LogP contribution in [0.2, 0.25) is 0 Å². The smallest absolute Gasteiger partial charge is 0.201 e. The first-order valence-electron chi connectivity index (χ1n) is 6.23. The summed E-state index contributed by atoms with van der Waals surface area (Å²) in [6.45, 7) is 2.56. The van der Waals surface area contributed by atoms with Crippen molar-refractivity contribution in [3.8, 4) is 6.07 Å². The van der Waals surface area contributed by atoms with Gasteiger partial charge < -0.3 is 10.3 Å². The molecule has 3 aromatic rings. The van der Waals surface area contributed by atoms with Crippen molar-refractivity contribution in [2.45, 2.75) is 13.5 Å². The fraction of sp³-hybridized carbons (Fsp3) is 0.214. The van der Waals surface area contributed by atoms with Gasteiger partial charge in [0.2, 0.25) is 5.95 Å². The number of benzene rings is 1. The number of nitrogens with zero attached hydrogens (tertiary/aromatic N) is 5. The van der Waals surface area contributed by atoms with Gasteiger partial charge in [0, 0.05) is 18.8 Å². The normalized spacial score (nSPS) is 10.8. The van der Waals surface area contributed by atoms with E-state index in [2.05, 4.69) is 16.2 Å². The molecule has 0 bridgehead atoms. The molecule has 2 heterocycles. The topological polar surface area (TPSA) is 85.4 Å². The van der Waals surface area contributed by atoms with E-state index in [0.29, 0.717) is 18.1 Å². The summed E-state index contributed by atoms with van der Waals surface area (Å²) >= 11 is 0. The summed E-state index contributed by atoms with van der Waals surface area (Å²) in [4.78, 5) is 4.33. The number of aromatic nitrogens is 4. The maximum Gasteiger partial charge on any atom is 0.201 e. The molecule has 6 heteroatoms. The van der Waals surface area contributed by atoms with E-state index in [9.17, 15) is 0 Å². The Morgan fingerprint density at radius 1 is 1.40 bits per heavy atom. The molecule has 0 radical (unpaired) electrons. The second-order valence-corrected chi connectivity index (χ2v) is 4.78. The molecular weight excluding hydrogens is 252 g/mol. The summed E-state index contributed by atoms with van der Waals surface area (Å²) in [5, 5.41) is 13.3. The molecule has 0 saturated carbocycles. The Hall–Kier alpha value is -2.81. The van der Waals surface area contributed by atoms with Gasteiger partial charge in [-0.1, -0.05) is 0 Å². The van der Waals surface area contributed by atoms with Crippen LogP contribution in [0.3, 0.4) is 0 Å². The van der Waals surface area contributed by atoms with Crippen molar-refractivity contribution in [1.29, 1.82) is 5.26 Å². The zero-order valence-electron chi connectivity index (χ0n) is 11.3. The molecule has 6 nitrogen and oxygen atoms in total. The average molecular weight is 266 g/mol. The van der Waals surface area contributed by atoms with Crippen LogP contribution < -0.4 is 5.73 Å². The fourth-order valence-electron chi connectivity index (χ4n) is 2.35. The third-order valence-electron chi connectivity index (χ3n) is 3.35. The van der Waals surface area contributed by atoms with Gasteiger partial charge in [-0.05, 0) is 25.1 Å². The first-order valence-corrected chi connectivity index (χ1v) is 6.23. The molecule has 20 heavy (non-hydrogen) atoms. The van der Waals surface area contributed by atoms with Crippen LogP contribution in [0.4, 0.5) is 5.95 Å². The van der Waals surface area contributed by atoms with E-state index in [0.717, 1.165) is 22.3 Å². The summed E-state index contributed by atoms with van der Waals surface area (Å²) in [5.41, 5.74) is 10.3. The Kier molecular flexibility index (Phi) is 2.68. The molecule has 3 rings (SSSR count). The minimum atomic E-state index is 0.443. The summed E-state index contributed by atoms with van der Waals surface area (Å²) in [6, 6.07) is 7.51. The number of rotatable bonds is 2. The first-order chi connectivity index (χ1) is 9.58. The van der Waals surface area contributed by atoms with Gasteiger partial charge >= 0.3 is 0 Å². The number of aryl methyl sites for hydroxylation is 2. The third kappa shape index (κ3) is 1.89. The lowest BCUT2D eigenvalue weighted by Crippen LogP contribution is -2.05. The van der Waals surface area contributed by atoms with Gasteiger partial charge in [0.25, 0.3) is 0 Å². The number of imidazole rings is 1. The quantitative estimate of drug-likeness (QED) is 0.763. The van der Waals surface area contributed by atoms with Crippen molar-refractivity contribution in [2.75, 3.05) is 5.73 Å². The molecule has 100 valence electrons. The number of hydrogen-bond acceptors (Lipinski definition) is 4. The number of hydrogen-bond donors (Lipinski definition) is 1. The molecule has 0 aliphatic heterocycles. The van der Waals surface area contributed by atoms with Gasteiger partial charge in [-0.25, -0.2) is 4.98 Å². The number of nitrogens with two attached hydrogens (primary N) is 1. The lowest BCUT2D eigenvalue weighted by molar-refractivity contribution is 0.756. The number of nitrogen functional groups attached to an aromatic ring is 1. The highest BCUT2D eigenvalue weighted by molar-refractivity contribution is 5.80. The minimum absolute atomic E-state index is 0.443. The van der Waals surface area contributed by atoms with Crippen LogP contribution in [-0.4, -0.2) is 19.3 Å². The van der Waals surface area contributed by atoms with Crippen LogP contribution >= 0.6 is 0 Å². The van der Waals surface area contributed by atoms with E-state index < -0.39 is 0 Å². The van der Waals surface area contributed by atoms with Crippen molar-refractivity contribution in [3.05, 3.63) is 41.2 Å². The van der Waals surface area contributed by atoms with Gasteiger partial charge in [0.05, 0.1) is 34.9 Å². The second kappa shape index (κ2) is 4.38. The Morgan fingerprint density at radius 3 is 2.85 bits per heavy atom. The second-order valence-electron chi connectivity index (χ2n) is 4.78. The molecule has 0 unspecified atom stereocenters. The van der Waals surface area contributed by atoms with E-state index in [-0.39, 0.29) is 0 Å². The SMILES string of the molecule is Cc1nn(C)cc1Cn1c(N)nc2ccc(C#N)cc21. The highest BCUT2D eigenvalue weighted by Crippen LogP contribution is 2.21. The standard InChI is InChI=1S/C14H14N6/c1-9-11(7-19(2)18-9)8-20-13-5-10(6-15)3-4-12(13)17-14(20)16/h3-5,7H,8H2,1-2H3,(H2,16,17). The summed E-state index contributed by atoms with van der Waals surface area (Å²) < 4.78 is 3.68. The molecule has 0 aliphatic rings. The van der Waals surface area contributed by atoms with Crippen LogP contribution in [-0.2, 0) is 13.6 Å². The van der Waals surface area contributed by atoms with E-state index in [4.69, 9.17) is 11.0 Å². The van der Waals surface area contributed by atoms with Gasteiger partial charge in [-0.2, -0.15) is 10.4 Å². The summed E-state index contributed by atoms with van der Waals surface area (Å²) in [5.74, 6) is 0.443. The van der Waals surface area contributed by atoms with Crippen molar-refractivity contribution in [1.82, 2.24) is 19.3 Å². The van der Waals surface area contributed by atoms with Crippen LogP contribution in [0.5, 0.6) is 0 Å². The summed E-state index contributed by atoms with van der Waals surface area (Å²) in [6.07, 6.45) is 1.97. The Labute approximate surface area is 116 Å². The van der Waals surface area contributed by atoms with Crippen molar-refractivity contribution < 1.29 is 0 Å². The molecule has 2 aromatic heterocycles. The third-order valence-corrected chi connectivity index (χ3v) is 3.35. The Morgan fingerprint density at radius 2 is 2.20 bits per heavy atom. The monoisotopic (exact) mass is 266 g/mol. The lowest BCUT2D eigenvalue weighted by Gasteiger charge is -2.05. The lowest BCUT2D eigenvalue weighted by atomic mass is 10.2. The Balaban J connectivity index is 2.13. The highest BCUT2D eigenvalue weighted by atomic mass is 15.3. The molecular formula is C14H14N6. The van der Waals surface area contributed by atoms with Crippen LogP contribution in [0.1, 0.15) is 16.8 Å². The molecule has 0 amide bonds. The first kappa shape index (κ1) is 12.2. The maximum absolute atomic E-state index is 9.01. The van der Waals surface area contributed by atoms with E-state index in [1.807, 2.05) is 36.9 Å². The van der Waals surface area contributed by atoms with Gasteiger partial charge in [-0.15, -0.1) is 0 Å². The number of nitriles is 1. The van der Waals surface area contributed by atoms with Gasteiger partial charge in [0.15, 0.2) is 0 Å². The summed E-state index contributed by atoms with van der Waals surface area (Å²) in [7, 11) is 1.89. The van der Waals surface area contributed by atoms with Gasteiger partial charge in [0.1, 0.15) is 0 Å². The fourth-order valence-corrected chi connectivity index (χ4v) is 2.35. The molecule has 0 spiro atoms. The predicted molar refractivity (Wildman–Crippen MR) is 75.9 cm³/mol. The van der Waals surface area contributed by atoms with Crippen molar-refractivity contribution >= 4 is 17.0 Å². The van der Waals surface area contributed by atoms with Crippen molar-refractivity contribution in [3.63, 3.8) is 0 Å². The van der Waals surface area contributed by atoms with Crippen LogP contribution in [0.15, 0.2) is 24.4 Å². The molecule has 0 aliphatic carbocycles. The zero-order chi connectivity index (χ0) is 14.3. The van der Waals surface area contributed by atoms with Crippen LogP contribution in [0.25, 0.3) is 11.0 Å². The molecule has 0 saturated heterocycles. The molecule has 2 N–H and O–H groups in total.